The number of hydrogen-bond donors (Lipinski definition) is 4. The van der Waals surface area contributed by atoms with E-state index >= 15 is 0 Å². The van der Waals surface area contributed by atoms with Crippen molar-refractivity contribution in [3.05, 3.63) is 95.6 Å². The van der Waals surface area contributed by atoms with Crippen LogP contribution >= 0.6 is 0 Å². The molecule has 41 heavy (non-hydrogen) atoms. The summed E-state index contributed by atoms with van der Waals surface area (Å²) in [5.41, 5.74) is 4.92. The average Bonchev–Trinajstić information content (AvgIpc) is 3.28. The van der Waals surface area contributed by atoms with E-state index in [9.17, 15) is 24.0 Å². The SMILES string of the molecule is C[C@@H](NC(=O)OCC1c2ccccc2-c2ccccc21)[C@H](NC(=O)Cc1ccccc1)C(=O)C(=O)NCCC(=O)O. The summed E-state index contributed by atoms with van der Waals surface area (Å²) in [5.74, 6) is -3.95. The van der Waals surface area contributed by atoms with Gasteiger partial charge in [-0.05, 0) is 34.7 Å². The van der Waals surface area contributed by atoms with Gasteiger partial charge in [-0.1, -0.05) is 78.9 Å². The van der Waals surface area contributed by atoms with E-state index in [1.54, 1.807) is 30.3 Å². The van der Waals surface area contributed by atoms with Gasteiger partial charge in [-0.15, -0.1) is 0 Å². The Morgan fingerprint density at radius 2 is 1.41 bits per heavy atom. The van der Waals surface area contributed by atoms with E-state index in [1.165, 1.54) is 6.92 Å². The van der Waals surface area contributed by atoms with Crippen LogP contribution in [0.15, 0.2) is 78.9 Å². The molecule has 0 aromatic heterocycles. The Balaban J connectivity index is 1.42. The lowest BCUT2D eigenvalue weighted by atomic mass is 9.98. The molecule has 3 aromatic rings. The zero-order chi connectivity index (χ0) is 29.4. The number of alkyl carbamates (subject to hydrolysis) is 1. The maximum Gasteiger partial charge on any atom is 0.407 e. The highest BCUT2D eigenvalue weighted by atomic mass is 16.5. The summed E-state index contributed by atoms with van der Waals surface area (Å²) in [4.78, 5) is 61.8. The fourth-order valence-corrected chi connectivity index (χ4v) is 4.84. The normalized spacial score (nSPS) is 13.2. The van der Waals surface area contributed by atoms with Crippen LogP contribution in [0.5, 0.6) is 0 Å². The predicted molar refractivity (Wildman–Crippen MR) is 150 cm³/mol. The lowest BCUT2D eigenvalue weighted by molar-refractivity contribution is -0.141. The third kappa shape index (κ3) is 7.36. The Bertz CT molecular complexity index is 1390. The highest BCUT2D eigenvalue weighted by Gasteiger charge is 2.34. The monoisotopic (exact) mass is 557 g/mol. The molecule has 0 heterocycles. The molecule has 3 aromatic carbocycles. The quantitative estimate of drug-likeness (QED) is 0.250. The largest absolute Gasteiger partial charge is 0.481 e. The third-order valence-corrected chi connectivity index (χ3v) is 6.84. The lowest BCUT2D eigenvalue weighted by Crippen LogP contribution is -2.58. The number of benzene rings is 3. The minimum absolute atomic E-state index is 0.0429. The Hall–Kier alpha value is -4.99. The molecular formula is C31H31N3O7. The Kier molecular flexibility index (Phi) is 9.47. The Morgan fingerprint density at radius 3 is 2.02 bits per heavy atom. The van der Waals surface area contributed by atoms with Gasteiger partial charge in [0.1, 0.15) is 12.6 Å². The summed E-state index contributed by atoms with van der Waals surface area (Å²) in [6, 6.07) is 22.2. The molecule has 0 fully saturated rings. The summed E-state index contributed by atoms with van der Waals surface area (Å²) in [6.07, 6.45) is -1.25. The number of rotatable bonds is 12. The molecule has 10 heteroatoms. The second-order valence-corrected chi connectivity index (χ2v) is 9.73. The van der Waals surface area contributed by atoms with Gasteiger partial charge in [-0.25, -0.2) is 4.79 Å². The number of carbonyl (C=O) groups excluding carboxylic acids is 4. The van der Waals surface area contributed by atoms with Gasteiger partial charge in [0.05, 0.1) is 18.9 Å². The molecule has 212 valence electrons. The van der Waals surface area contributed by atoms with Gasteiger partial charge in [0.25, 0.3) is 5.91 Å². The number of carbonyl (C=O) groups is 5. The van der Waals surface area contributed by atoms with Crippen LogP contribution in [0.2, 0.25) is 0 Å². The predicted octanol–water partition coefficient (Wildman–Crippen LogP) is 2.80. The van der Waals surface area contributed by atoms with E-state index in [2.05, 4.69) is 16.0 Å². The first kappa shape index (κ1) is 29.0. The molecule has 3 amide bonds. The minimum atomic E-state index is -1.42. The highest BCUT2D eigenvalue weighted by molar-refractivity contribution is 6.38. The summed E-state index contributed by atoms with van der Waals surface area (Å²) in [5, 5.41) is 16.1. The number of fused-ring (bicyclic) bond motifs is 3. The van der Waals surface area contributed by atoms with Crippen molar-refractivity contribution in [3.8, 4) is 11.1 Å². The third-order valence-electron chi connectivity index (χ3n) is 6.84. The molecule has 0 radical (unpaired) electrons. The van der Waals surface area contributed by atoms with Crippen LogP contribution in [0, 0.1) is 0 Å². The summed E-state index contributed by atoms with van der Waals surface area (Å²) < 4.78 is 5.55. The zero-order valence-electron chi connectivity index (χ0n) is 22.5. The Labute approximate surface area is 237 Å². The Morgan fingerprint density at radius 1 is 0.829 bits per heavy atom. The first-order valence-electron chi connectivity index (χ1n) is 13.2. The smallest absolute Gasteiger partial charge is 0.407 e. The number of amides is 3. The van der Waals surface area contributed by atoms with Crippen LogP contribution in [0.1, 0.15) is 36.0 Å². The molecule has 2 atom stereocenters. The molecular weight excluding hydrogens is 526 g/mol. The lowest BCUT2D eigenvalue weighted by Gasteiger charge is -2.25. The van der Waals surface area contributed by atoms with E-state index in [1.807, 2.05) is 48.5 Å². The second-order valence-electron chi connectivity index (χ2n) is 9.73. The molecule has 1 aliphatic rings. The molecule has 0 saturated heterocycles. The van der Waals surface area contributed by atoms with Gasteiger partial charge in [0, 0.05) is 12.5 Å². The average molecular weight is 558 g/mol. The summed E-state index contributed by atoms with van der Waals surface area (Å²) in [7, 11) is 0. The summed E-state index contributed by atoms with van der Waals surface area (Å²) >= 11 is 0. The van der Waals surface area contributed by atoms with Crippen molar-refractivity contribution >= 4 is 29.7 Å². The first-order valence-corrected chi connectivity index (χ1v) is 13.2. The molecule has 0 bridgehead atoms. The fourth-order valence-electron chi connectivity index (χ4n) is 4.84. The van der Waals surface area contributed by atoms with Crippen molar-refractivity contribution in [1.82, 2.24) is 16.0 Å². The standard InChI is InChI=1S/C31H31N3O7/c1-19(33-31(40)41-18-25-23-13-7-5-11-21(23)22-12-6-8-14-24(22)25)28(29(38)30(39)32-16-15-27(36)37)34-26(35)17-20-9-3-2-4-10-20/h2-14,19,25,28H,15-18H2,1H3,(H,32,39)(H,33,40)(H,34,35)(H,36,37)/t19-,28+/m1/s1. The number of ether oxygens (including phenoxy) is 1. The number of ketones is 1. The van der Waals surface area contributed by atoms with E-state index in [4.69, 9.17) is 9.84 Å². The van der Waals surface area contributed by atoms with Crippen molar-refractivity contribution < 1.29 is 33.8 Å². The molecule has 0 aliphatic heterocycles. The van der Waals surface area contributed by atoms with Crippen LogP contribution in [0.4, 0.5) is 4.79 Å². The molecule has 0 unspecified atom stereocenters. The van der Waals surface area contributed by atoms with Crippen LogP contribution < -0.4 is 16.0 Å². The van der Waals surface area contributed by atoms with E-state index in [-0.39, 0.29) is 31.9 Å². The van der Waals surface area contributed by atoms with E-state index in [0.717, 1.165) is 22.3 Å². The van der Waals surface area contributed by atoms with Gasteiger partial charge in [-0.2, -0.15) is 0 Å². The van der Waals surface area contributed by atoms with Crippen LogP contribution in [-0.4, -0.2) is 60.0 Å². The maximum atomic E-state index is 13.0. The van der Waals surface area contributed by atoms with Crippen LogP contribution in [0.25, 0.3) is 11.1 Å². The van der Waals surface area contributed by atoms with Gasteiger partial charge >= 0.3 is 12.1 Å². The fraction of sp³-hybridized carbons (Fsp3) is 0.258. The number of Topliss-reactive ketones (excluding diaryl/α,β-unsaturated/α-hetero) is 1. The van der Waals surface area contributed by atoms with Gasteiger partial charge in [0.15, 0.2) is 0 Å². The molecule has 4 N–H and O–H groups in total. The zero-order valence-corrected chi connectivity index (χ0v) is 22.5. The number of hydrogen-bond acceptors (Lipinski definition) is 6. The van der Waals surface area contributed by atoms with Crippen molar-refractivity contribution in [3.63, 3.8) is 0 Å². The van der Waals surface area contributed by atoms with E-state index < -0.39 is 41.7 Å². The van der Waals surface area contributed by atoms with Crippen LogP contribution in [0.3, 0.4) is 0 Å². The van der Waals surface area contributed by atoms with Gasteiger partial charge < -0.3 is 25.8 Å². The molecule has 0 spiro atoms. The minimum Gasteiger partial charge on any atom is -0.481 e. The topological polar surface area (TPSA) is 151 Å². The summed E-state index contributed by atoms with van der Waals surface area (Å²) in [6.45, 7) is 1.25. The van der Waals surface area contributed by atoms with Crippen molar-refractivity contribution in [2.45, 2.75) is 37.8 Å². The van der Waals surface area contributed by atoms with Crippen molar-refractivity contribution in [1.29, 1.82) is 0 Å². The highest BCUT2D eigenvalue weighted by Crippen LogP contribution is 2.44. The van der Waals surface area contributed by atoms with Gasteiger partial charge in [-0.3, -0.25) is 19.2 Å². The molecule has 10 nitrogen and oxygen atoms in total. The molecule has 4 rings (SSSR count). The number of aliphatic carboxylic acids is 1. The second kappa shape index (κ2) is 13.4. The van der Waals surface area contributed by atoms with Gasteiger partial charge in [0.2, 0.25) is 11.7 Å². The number of nitrogens with one attached hydrogen (secondary N) is 3. The van der Waals surface area contributed by atoms with E-state index in [0.29, 0.717) is 5.56 Å². The molecule has 0 saturated carbocycles. The van der Waals surface area contributed by atoms with Crippen LogP contribution in [-0.2, 0) is 30.3 Å². The number of carboxylic acids is 1. The maximum absolute atomic E-state index is 13.0. The number of carboxylic acid groups (broad SMARTS) is 1. The van der Waals surface area contributed by atoms with Crippen molar-refractivity contribution in [2.24, 2.45) is 0 Å². The first-order chi connectivity index (χ1) is 19.7. The van der Waals surface area contributed by atoms with Crippen molar-refractivity contribution in [2.75, 3.05) is 13.2 Å². The molecule has 1 aliphatic carbocycles.